The molecule has 2 aromatic rings. The molecule has 23 heavy (non-hydrogen) atoms. The summed E-state index contributed by atoms with van der Waals surface area (Å²) in [5, 5.41) is 19.7. The van der Waals surface area contributed by atoms with Crippen molar-refractivity contribution in [1.29, 1.82) is 0 Å². The third-order valence-corrected chi connectivity index (χ3v) is 3.50. The number of hydrogen-bond acceptors (Lipinski definition) is 7. The molecule has 9 nitrogen and oxygen atoms in total. The summed E-state index contributed by atoms with van der Waals surface area (Å²) in [6.45, 7) is -1.72. The van der Waals surface area contributed by atoms with Crippen LogP contribution in [0.25, 0.3) is 11.2 Å². The smallest absolute Gasteiger partial charge is 0.280 e. The number of H-pyrrole nitrogens is 1. The van der Waals surface area contributed by atoms with Crippen LogP contribution in [0.4, 0.5) is 10.3 Å². The molecule has 10 heteroatoms. The number of hydrogen-bond donors (Lipinski definition) is 4. The number of ether oxygens (including phenoxy) is 1. The van der Waals surface area contributed by atoms with Crippen LogP contribution in [-0.4, -0.2) is 54.2 Å². The lowest BCUT2D eigenvalue weighted by atomic mass is 9.96. The summed E-state index contributed by atoms with van der Waals surface area (Å²) in [5.74, 6) is 4.19. The first-order valence-corrected chi connectivity index (χ1v) is 6.50. The van der Waals surface area contributed by atoms with E-state index in [4.69, 9.17) is 13.2 Å². The second-order valence-corrected chi connectivity index (χ2v) is 4.90. The molecule has 3 rings (SSSR count). The minimum atomic E-state index is -3.04. The Hall–Kier alpha value is -2.48. The number of halogens is 1. The van der Waals surface area contributed by atoms with Crippen LogP contribution < -0.4 is 11.3 Å². The van der Waals surface area contributed by atoms with Crippen molar-refractivity contribution in [2.45, 2.75) is 31.0 Å². The molecule has 1 unspecified atom stereocenters. The Morgan fingerprint density at radius 2 is 2.48 bits per heavy atom. The zero-order valence-corrected chi connectivity index (χ0v) is 11.8. The van der Waals surface area contributed by atoms with E-state index in [1.54, 1.807) is 0 Å². The van der Waals surface area contributed by atoms with Gasteiger partial charge in [0.15, 0.2) is 17.4 Å². The second kappa shape index (κ2) is 5.31. The highest BCUT2D eigenvalue weighted by molar-refractivity contribution is 5.70. The van der Waals surface area contributed by atoms with E-state index >= 15 is 4.39 Å². The molecule has 1 saturated heterocycles. The van der Waals surface area contributed by atoms with Crippen LogP contribution in [0.1, 0.15) is 15.9 Å². The fourth-order valence-electron chi connectivity index (χ4n) is 2.49. The summed E-state index contributed by atoms with van der Waals surface area (Å²) in [6.07, 6.45) is -4.73. The monoisotopic (exact) mass is 325 g/mol. The quantitative estimate of drug-likeness (QED) is 0.502. The van der Waals surface area contributed by atoms with Crippen molar-refractivity contribution in [1.82, 2.24) is 19.5 Å². The van der Waals surface area contributed by atoms with Crippen molar-refractivity contribution in [3.05, 3.63) is 16.7 Å². The lowest BCUT2D eigenvalue weighted by molar-refractivity contribution is -0.0504. The molecular weight excluding hydrogens is 309 g/mol. The van der Waals surface area contributed by atoms with Gasteiger partial charge in [-0.2, -0.15) is 4.98 Å². The number of nitrogens with two attached hydrogens (primary N) is 1. The topological polar surface area (TPSA) is 139 Å². The van der Waals surface area contributed by atoms with Gasteiger partial charge in [0.05, 0.1) is 15.6 Å². The van der Waals surface area contributed by atoms with Crippen molar-refractivity contribution in [2.75, 3.05) is 12.3 Å². The molecule has 122 valence electrons. The first kappa shape index (κ1) is 13.0. The third-order valence-electron chi connectivity index (χ3n) is 3.50. The number of imidazole rings is 1. The Kier molecular flexibility index (Phi) is 3.00. The van der Waals surface area contributed by atoms with Crippen molar-refractivity contribution in [2.24, 2.45) is 0 Å². The zero-order chi connectivity index (χ0) is 18.6. The summed E-state index contributed by atoms with van der Waals surface area (Å²) in [5.41, 5.74) is 1.73. The van der Waals surface area contributed by atoms with Crippen LogP contribution in [0, 0.1) is 11.8 Å². The normalized spacial score (nSPS) is 32.3. The summed E-state index contributed by atoms with van der Waals surface area (Å²) >= 11 is 0. The van der Waals surface area contributed by atoms with E-state index in [9.17, 15) is 15.0 Å². The van der Waals surface area contributed by atoms with Gasteiger partial charge < -0.3 is 20.7 Å². The van der Waals surface area contributed by atoms with Crippen LogP contribution in [0.3, 0.4) is 0 Å². The van der Waals surface area contributed by atoms with Crippen LogP contribution in [0.5, 0.6) is 0 Å². The molecule has 0 saturated carbocycles. The van der Waals surface area contributed by atoms with E-state index in [1.165, 1.54) is 6.92 Å². The van der Waals surface area contributed by atoms with E-state index in [0.29, 0.717) is 0 Å². The molecule has 4 atom stereocenters. The predicted octanol–water partition coefficient (Wildman–Crippen LogP) is -1.32. The van der Waals surface area contributed by atoms with Gasteiger partial charge in [0.1, 0.15) is 12.2 Å². The van der Waals surface area contributed by atoms with Gasteiger partial charge in [-0.05, 0) is 6.92 Å². The Balaban J connectivity index is 2.21. The molecule has 0 radical (unpaired) electrons. The maximum Gasteiger partial charge on any atom is 0.280 e. The Morgan fingerprint density at radius 1 is 1.74 bits per heavy atom. The zero-order valence-electron chi connectivity index (χ0n) is 13.8. The van der Waals surface area contributed by atoms with Crippen molar-refractivity contribution in [3.63, 3.8) is 0 Å². The summed E-state index contributed by atoms with van der Waals surface area (Å²) in [7, 11) is 0. The number of aliphatic hydroxyl groups is 2. The first-order chi connectivity index (χ1) is 11.6. The van der Waals surface area contributed by atoms with E-state index in [-0.39, 0.29) is 17.1 Å². The largest absolute Gasteiger partial charge is 0.394 e. The number of rotatable bonds is 2. The second-order valence-electron chi connectivity index (χ2n) is 4.90. The number of alkyl halides is 1. The van der Waals surface area contributed by atoms with E-state index in [1.807, 2.05) is 0 Å². The van der Waals surface area contributed by atoms with E-state index in [2.05, 4.69) is 26.8 Å². The van der Waals surface area contributed by atoms with Crippen LogP contribution in [-0.2, 0) is 4.74 Å². The van der Waals surface area contributed by atoms with Gasteiger partial charge in [0.2, 0.25) is 11.6 Å². The molecule has 0 spiro atoms. The van der Waals surface area contributed by atoms with Gasteiger partial charge in [-0.3, -0.25) is 14.3 Å². The number of fused-ring (bicyclic) bond motifs is 1. The minimum Gasteiger partial charge on any atom is -0.394 e. The van der Waals surface area contributed by atoms with Crippen molar-refractivity contribution in [3.8, 4) is 11.8 Å². The number of nitrogens with zero attached hydrogens (tertiary/aromatic N) is 3. The fourth-order valence-corrected chi connectivity index (χ4v) is 2.49. The Labute approximate surface area is 131 Å². The number of aliphatic hydroxyl groups excluding tert-OH is 1. The average molecular weight is 325 g/mol. The molecule has 1 aliphatic heterocycles. The van der Waals surface area contributed by atoms with Gasteiger partial charge in [0, 0.05) is 0 Å². The summed E-state index contributed by atoms with van der Waals surface area (Å²) in [6, 6.07) is 0. The maximum atomic E-state index is 15.4. The van der Waals surface area contributed by atoms with E-state index < -0.39 is 36.2 Å². The molecule has 0 aliphatic carbocycles. The number of nitrogen functional groups attached to an aromatic ring is 1. The Morgan fingerprint density at radius 3 is 3.13 bits per heavy atom. The third kappa shape index (κ3) is 2.17. The highest BCUT2D eigenvalue weighted by Crippen LogP contribution is 2.42. The lowest BCUT2D eigenvalue weighted by Gasteiger charge is -2.23. The SMILES string of the molecule is [2H]C([2H])(O)[C@H]1O[C@@H](n2cnc3c(=O)[nH]c(N)nc32)C(F)(C#CC)[C@H]1O. The first-order valence-electron chi connectivity index (χ1n) is 7.50. The molecule has 2 aromatic heterocycles. The molecule has 0 aromatic carbocycles. The lowest BCUT2D eigenvalue weighted by Crippen LogP contribution is -2.42. The number of nitrogens with one attached hydrogen (secondary N) is 1. The molecule has 3 heterocycles. The van der Waals surface area contributed by atoms with Crippen LogP contribution in [0.2, 0.25) is 0 Å². The molecule has 0 bridgehead atoms. The fraction of sp³-hybridized carbons (Fsp3) is 0.462. The van der Waals surface area contributed by atoms with Gasteiger partial charge >= 0.3 is 0 Å². The van der Waals surface area contributed by atoms with Crippen molar-refractivity contribution < 1.29 is 22.1 Å². The van der Waals surface area contributed by atoms with Crippen LogP contribution in [0.15, 0.2) is 11.1 Å². The molecule has 5 N–H and O–H groups in total. The molecular formula is C13H14FN5O4. The van der Waals surface area contributed by atoms with Gasteiger partial charge in [-0.1, -0.05) is 5.92 Å². The van der Waals surface area contributed by atoms with Crippen LogP contribution >= 0.6 is 0 Å². The van der Waals surface area contributed by atoms with Gasteiger partial charge in [0.25, 0.3) is 5.56 Å². The number of aromatic nitrogens is 4. The predicted molar refractivity (Wildman–Crippen MR) is 76.9 cm³/mol. The molecule has 1 aliphatic rings. The van der Waals surface area contributed by atoms with E-state index in [0.717, 1.165) is 10.9 Å². The summed E-state index contributed by atoms with van der Waals surface area (Å²) < 4.78 is 36.3. The standard InChI is InChI=1S/C13H14FN5O4/c1-2-3-13(14)8(21)6(4-20)23-11(13)19-5-16-7-9(19)17-12(15)18-10(7)22/h5-6,8,11,20-21H,4H2,1H3,(H3,15,17,18,22)/t6-,8+,11-,13?/m1/s1/i4D2. The molecule has 1 fully saturated rings. The Bertz CT molecular complexity index is 946. The maximum absolute atomic E-state index is 15.4. The number of aromatic amines is 1. The van der Waals surface area contributed by atoms with Gasteiger partial charge in [-0.25, -0.2) is 9.37 Å². The number of anilines is 1. The minimum absolute atomic E-state index is 0.141. The highest BCUT2D eigenvalue weighted by Gasteiger charge is 2.57. The highest BCUT2D eigenvalue weighted by atomic mass is 19.1. The average Bonchev–Trinajstić information content (AvgIpc) is 3.00. The van der Waals surface area contributed by atoms with Crippen molar-refractivity contribution >= 4 is 17.1 Å². The van der Waals surface area contributed by atoms with Gasteiger partial charge in [-0.15, -0.1) is 5.92 Å². The summed E-state index contributed by atoms with van der Waals surface area (Å²) in [4.78, 5) is 21.7. The molecule has 0 amide bonds.